The summed E-state index contributed by atoms with van der Waals surface area (Å²) in [4.78, 5) is 28.4. The third kappa shape index (κ3) is 11.4. The molecule has 6 heterocycles. The first-order chi connectivity index (χ1) is 35.5. The minimum atomic E-state index is -2.91. The molecule has 10 rings (SSSR count). The zero-order valence-corrected chi connectivity index (χ0v) is 45.0. The van der Waals surface area contributed by atoms with Gasteiger partial charge in [-0.25, -0.2) is 17.6 Å². The molecule has 2 N–H and O–H groups in total. The predicted octanol–water partition coefficient (Wildman–Crippen LogP) is 9.84. The van der Waals surface area contributed by atoms with Crippen molar-refractivity contribution in [2.45, 2.75) is 130 Å². The van der Waals surface area contributed by atoms with E-state index in [-0.39, 0.29) is 40.5 Å². The number of ether oxygens (including phenoxy) is 2. The summed E-state index contributed by atoms with van der Waals surface area (Å²) in [5.41, 5.74) is 11.6. The molecule has 4 aliphatic heterocycles. The number of benzene rings is 2. The average Bonchev–Trinajstić information content (AvgIpc) is 3.97. The van der Waals surface area contributed by atoms with Gasteiger partial charge in [0.05, 0.1) is 37.5 Å². The maximum absolute atomic E-state index is 15.8. The van der Waals surface area contributed by atoms with E-state index >= 15 is 8.78 Å². The van der Waals surface area contributed by atoms with Crippen LogP contribution in [-0.2, 0) is 24.8 Å². The van der Waals surface area contributed by atoms with Gasteiger partial charge >= 0.3 is 0 Å². The number of carbonyl (C=O) groups is 2. The molecule has 6 aliphatic rings. The number of likely N-dealkylation sites (N-methyl/N-ethyl adjacent to an activating group) is 1. The number of allylic oxidation sites excluding steroid dienone is 4. The summed E-state index contributed by atoms with van der Waals surface area (Å²) in [5, 5.41) is 18.6. The van der Waals surface area contributed by atoms with Crippen LogP contribution in [0.2, 0.25) is 0 Å². The molecule has 0 bridgehead atoms. The first kappa shape index (κ1) is 55.1. The molecule has 2 atom stereocenters. The lowest BCUT2D eigenvalue weighted by molar-refractivity contribution is -0.133. The van der Waals surface area contributed by atoms with Crippen LogP contribution in [0.25, 0.3) is 5.57 Å². The lowest BCUT2D eigenvalue weighted by atomic mass is 9.53. The third-order valence-corrected chi connectivity index (χ3v) is 16.3. The molecular formula is C57H74F4N10O4. The molecule has 0 radical (unpaired) electrons. The molecule has 75 heavy (non-hydrogen) atoms. The average molecular weight is 1040 g/mol. The molecule has 4 aromatic rings. The number of fused-ring (bicyclic) bond motifs is 2. The van der Waals surface area contributed by atoms with Crippen molar-refractivity contribution in [1.82, 2.24) is 29.4 Å². The molecular weight excluding hydrogens is 965 g/mol. The monoisotopic (exact) mass is 1040 g/mol. The number of nitriles is 1. The fourth-order valence-corrected chi connectivity index (χ4v) is 13.2. The summed E-state index contributed by atoms with van der Waals surface area (Å²) < 4.78 is 76.3. The molecule has 18 heteroatoms. The predicted molar refractivity (Wildman–Crippen MR) is 282 cm³/mol. The molecule has 2 unspecified atom stereocenters. The van der Waals surface area contributed by atoms with E-state index in [1.165, 1.54) is 12.6 Å². The highest BCUT2D eigenvalue weighted by Gasteiger charge is 2.55. The first-order valence-corrected chi connectivity index (χ1v) is 26.2. The number of aldehydes is 1. The van der Waals surface area contributed by atoms with E-state index in [2.05, 4.69) is 67.3 Å². The van der Waals surface area contributed by atoms with Crippen LogP contribution in [0.3, 0.4) is 0 Å². The Morgan fingerprint density at radius 3 is 2.25 bits per heavy atom. The first-order valence-electron chi connectivity index (χ1n) is 26.2. The number of nitrogens with two attached hydrogens (primary N) is 1. The van der Waals surface area contributed by atoms with Crippen molar-refractivity contribution in [2.75, 3.05) is 63.2 Å². The molecule has 14 nitrogen and oxygen atoms in total. The van der Waals surface area contributed by atoms with Crippen LogP contribution >= 0.6 is 0 Å². The van der Waals surface area contributed by atoms with Gasteiger partial charge in [0.15, 0.2) is 5.82 Å². The van der Waals surface area contributed by atoms with Crippen LogP contribution in [0.15, 0.2) is 72.2 Å². The summed E-state index contributed by atoms with van der Waals surface area (Å²) >= 11 is 0. The number of hydrogen-bond donors (Lipinski definition) is 1. The minimum Gasteiger partial charge on any atom is -0.495 e. The van der Waals surface area contributed by atoms with E-state index in [4.69, 9.17) is 30.4 Å². The molecule has 2 aliphatic carbocycles. The quantitative estimate of drug-likeness (QED) is 0.119. The number of anilines is 2. The van der Waals surface area contributed by atoms with Crippen molar-refractivity contribution < 1.29 is 36.6 Å². The second-order valence-corrected chi connectivity index (χ2v) is 22.9. The number of alkyl halides is 4. The number of primary amides is 1. The summed E-state index contributed by atoms with van der Waals surface area (Å²) in [7, 11) is 5.47. The Bertz CT molecular complexity index is 2810. The van der Waals surface area contributed by atoms with Crippen molar-refractivity contribution >= 4 is 29.3 Å². The van der Waals surface area contributed by atoms with Gasteiger partial charge < -0.3 is 34.7 Å². The Hall–Kier alpha value is -6.19. The number of aryl methyl sites for hydroxylation is 1. The second-order valence-electron chi connectivity index (χ2n) is 22.9. The van der Waals surface area contributed by atoms with Crippen molar-refractivity contribution in [2.24, 2.45) is 29.0 Å². The SMILES string of the molecule is CC=O.CN1CCc2c(c(N3CCCC4(C)CC(c5cnn(C)c5)=C(C(F)F)C=C34)nn2C2CCN(C3CCN(c4ccc(C(N)=O)cc4)CC3(F)F)CC2)C1.COc1cc(OC2C(C)(C)CC2(C)C)ccc1C#N. The highest BCUT2D eigenvalue weighted by atomic mass is 19.3. The van der Waals surface area contributed by atoms with Crippen LogP contribution in [0.4, 0.5) is 29.1 Å². The molecule has 1 amide bonds. The zero-order chi connectivity index (χ0) is 54.2. The maximum atomic E-state index is 15.8. The van der Waals surface area contributed by atoms with Crippen molar-refractivity contribution in [3.05, 3.63) is 100 Å². The zero-order valence-electron chi connectivity index (χ0n) is 45.0. The lowest BCUT2D eigenvalue weighted by Gasteiger charge is -2.56. The Balaban J connectivity index is 0.000000284. The Morgan fingerprint density at radius 1 is 0.973 bits per heavy atom. The molecule has 3 saturated heterocycles. The summed E-state index contributed by atoms with van der Waals surface area (Å²) in [6.45, 7) is 16.1. The normalized spacial score (nSPS) is 23.5. The molecule has 1 saturated carbocycles. The van der Waals surface area contributed by atoms with Gasteiger partial charge in [-0.3, -0.25) is 19.1 Å². The number of aromatic nitrogens is 4. The minimum absolute atomic E-state index is 0.0544. The maximum Gasteiger partial charge on any atom is 0.280 e. The lowest BCUT2D eigenvalue weighted by Crippen LogP contribution is -2.59. The van der Waals surface area contributed by atoms with E-state index < -0.39 is 24.3 Å². The molecule has 0 spiro atoms. The van der Waals surface area contributed by atoms with Gasteiger partial charge in [-0.2, -0.15) is 15.5 Å². The summed E-state index contributed by atoms with van der Waals surface area (Å²) in [5.74, 6) is -1.27. The topological polar surface area (TPSA) is 151 Å². The standard InChI is InChI=1S/C39H49F4N9O.C16H21NO2.C2H4O/c1-38-13-4-14-51(34(38)19-29(35(40)41)30(20-38)26-21-45-48(3)22-26)37-31-23-47(2)15-11-32(31)52(46-37)28-9-16-49(17-10-28)33-12-18-50(24-39(33,42)43)27-7-5-25(6-8-27)36(44)53;1-15(2)10-16(3,4)14(15)19-12-7-6-11(9-17)13(8-12)18-5;1-2-3/h5-8,19,21-22,28,33,35H,4,9-18,20,23-24H2,1-3H3,(H2,44,53);6-8,14H,10H2,1-5H3;2H,1H3. The van der Waals surface area contributed by atoms with E-state index in [0.29, 0.717) is 80.0 Å². The van der Waals surface area contributed by atoms with Crippen LogP contribution in [0, 0.1) is 27.6 Å². The molecule has 2 aromatic carbocycles. The smallest absolute Gasteiger partial charge is 0.280 e. The number of likely N-dealkylation sites (tertiary alicyclic amines) is 1. The number of halogens is 4. The van der Waals surface area contributed by atoms with Crippen LogP contribution < -0.4 is 25.0 Å². The Kier molecular flexibility index (Phi) is 16.0. The van der Waals surface area contributed by atoms with Gasteiger partial charge in [0.2, 0.25) is 5.91 Å². The van der Waals surface area contributed by atoms with Gasteiger partial charge in [-0.15, -0.1) is 0 Å². The fourth-order valence-electron chi connectivity index (χ4n) is 13.2. The van der Waals surface area contributed by atoms with Gasteiger partial charge in [0.25, 0.3) is 12.3 Å². The number of amides is 1. The molecule has 4 fully saturated rings. The van der Waals surface area contributed by atoms with Crippen LogP contribution in [-0.4, -0.2) is 119 Å². The van der Waals surface area contributed by atoms with Crippen molar-refractivity contribution in [3.8, 4) is 17.6 Å². The van der Waals surface area contributed by atoms with E-state index in [1.54, 1.807) is 72.4 Å². The third-order valence-electron chi connectivity index (χ3n) is 16.3. The fraction of sp³-hybridized carbons (Fsp3) is 0.561. The largest absolute Gasteiger partial charge is 0.495 e. The second kappa shape index (κ2) is 21.8. The number of carbonyl (C=O) groups excluding carboxylic acids is 2. The number of nitrogens with zero attached hydrogens (tertiary/aromatic N) is 9. The number of piperidine rings is 3. The van der Waals surface area contributed by atoms with Crippen LogP contribution in [0.1, 0.15) is 125 Å². The van der Waals surface area contributed by atoms with E-state index in [0.717, 1.165) is 73.5 Å². The van der Waals surface area contributed by atoms with E-state index in [1.807, 2.05) is 17.2 Å². The highest BCUT2D eigenvalue weighted by Crippen LogP contribution is 2.56. The van der Waals surface area contributed by atoms with Crippen molar-refractivity contribution in [1.29, 1.82) is 5.26 Å². The highest BCUT2D eigenvalue weighted by molar-refractivity contribution is 5.93. The number of rotatable bonds is 10. The molecule has 404 valence electrons. The van der Waals surface area contributed by atoms with Crippen molar-refractivity contribution in [3.63, 3.8) is 0 Å². The number of methoxy groups -OCH3 is 1. The van der Waals surface area contributed by atoms with Gasteiger partial charge in [0.1, 0.15) is 30.0 Å². The van der Waals surface area contributed by atoms with Gasteiger partial charge in [0, 0.05) is 121 Å². The van der Waals surface area contributed by atoms with E-state index in [9.17, 15) is 13.6 Å². The number of hydrogen-bond acceptors (Lipinski definition) is 11. The Morgan fingerprint density at radius 2 is 1.67 bits per heavy atom. The van der Waals surface area contributed by atoms with Gasteiger partial charge in [-0.1, -0.05) is 34.6 Å². The summed E-state index contributed by atoms with van der Waals surface area (Å²) in [6, 6.07) is 13.2. The molecule has 2 aromatic heterocycles. The van der Waals surface area contributed by atoms with Crippen LogP contribution in [0.5, 0.6) is 11.5 Å². The summed E-state index contributed by atoms with van der Waals surface area (Å²) in [6.07, 6.45) is 9.58. The Labute approximate surface area is 439 Å². The van der Waals surface area contributed by atoms with Gasteiger partial charge in [-0.05, 0) is 107 Å².